The number of fused-ring (bicyclic) bond motifs is 1. The first-order chi connectivity index (χ1) is 12.5. The molecule has 0 aliphatic heterocycles. The number of thioether (sulfide) groups is 1. The third kappa shape index (κ3) is 4.80. The zero-order chi connectivity index (χ0) is 18.5. The van der Waals surface area contributed by atoms with Crippen molar-refractivity contribution in [3.63, 3.8) is 0 Å². The largest absolute Gasteiger partial charge is 0.355 e. The fourth-order valence-corrected chi connectivity index (χ4v) is 4.41. The van der Waals surface area contributed by atoms with Crippen LogP contribution in [0.2, 0.25) is 0 Å². The minimum atomic E-state index is -0.255. The second kappa shape index (κ2) is 8.60. The molecule has 0 fully saturated rings. The Labute approximate surface area is 160 Å². The van der Waals surface area contributed by atoms with Crippen LogP contribution in [0.5, 0.6) is 0 Å². The maximum atomic E-state index is 13.1. The van der Waals surface area contributed by atoms with Crippen molar-refractivity contribution < 1.29 is 9.18 Å². The van der Waals surface area contributed by atoms with Gasteiger partial charge in [-0.2, -0.15) is 0 Å². The van der Waals surface area contributed by atoms with Crippen LogP contribution in [0.25, 0.3) is 20.7 Å². The molecule has 3 aromatic rings. The van der Waals surface area contributed by atoms with Crippen LogP contribution in [0.1, 0.15) is 20.3 Å². The van der Waals surface area contributed by atoms with Gasteiger partial charge < -0.3 is 5.32 Å². The van der Waals surface area contributed by atoms with Crippen molar-refractivity contribution in [1.82, 2.24) is 15.3 Å². The fraction of sp³-hybridized carbons (Fsp3) is 0.316. The zero-order valence-corrected chi connectivity index (χ0v) is 16.3. The molecular formula is C19H20FN3OS2. The summed E-state index contributed by atoms with van der Waals surface area (Å²) in [7, 11) is 0. The number of rotatable bonds is 7. The van der Waals surface area contributed by atoms with Crippen LogP contribution in [0.3, 0.4) is 0 Å². The van der Waals surface area contributed by atoms with Crippen molar-refractivity contribution in [3.05, 3.63) is 42.5 Å². The van der Waals surface area contributed by atoms with Crippen LogP contribution in [0, 0.1) is 11.7 Å². The van der Waals surface area contributed by atoms with Gasteiger partial charge in [0.25, 0.3) is 0 Å². The number of nitrogens with one attached hydrogen (secondary N) is 1. The van der Waals surface area contributed by atoms with E-state index in [1.165, 1.54) is 30.2 Å². The third-order valence-corrected chi connectivity index (χ3v) is 6.09. The summed E-state index contributed by atoms with van der Waals surface area (Å²) in [5.41, 5.74) is 1.78. The number of hydrogen-bond donors (Lipinski definition) is 1. The normalized spacial score (nSPS) is 11.2. The number of benzene rings is 1. The molecule has 1 aromatic carbocycles. The smallest absolute Gasteiger partial charge is 0.230 e. The highest BCUT2D eigenvalue weighted by Gasteiger charge is 2.12. The lowest BCUT2D eigenvalue weighted by Gasteiger charge is -2.07. The van der Waals surface area contributed by atoms with Gasteiger partial charge in [-0.05, 0) is 36.1 Å². The molecule has 0 radical (unpaired) electrons. The van der Waals surface area contributed by atoms with E-state index in [1.807, 2.05) is 6.07 Å². The van der Waals surface area contributed by atoms with Crippen LogP contribution in [-0.2, 0) is 4.79 Å². The molecule has 0 saturated carbocycles. The quantitative estimate of drug-likeness (QED) is 0.468. The van der Waals surface area contributed by atoms with Gasteiger partial charge in [0, 0.05) is 11.4 Å². The number of halogens is 1. The maximum absolute atomic E-state index is 13.1. The van der Waals surface area contributed by atoms with Crippen LogP contribution in [-0.4, -0.2) is 28.2 Å². The Bertz CT molecular complexity index is 893. The van der Waals surface area contributed by atoms with Gasteiger partial charge in [-0.25, -0.2) is 14.4 Å². The summed E-state index contributed by atoms with van der Waals surface area (Å²) >= 11 is 2.97. The third-order valence-electron chi connectivity index (χ3n) is 3.79. The highest BCUT2D eigenvalue weighted by atomic mass is 32.2. The molecule has 0 aliphatic rings. The fourth-order valence-electron chi connectivity index (χ4n) is 2.38. The molecule has 0 saturated heterocycles. The van der Waals surface area contributed by atoms with Crippen LogP contribution in [0.15, 0.2) is 41.7 Å². The van der Waals surface area contributed by atoms with Crippen molar-refractivity contribution in [2.24, 2.45) is 5.92 Å². The standard InChI is InChI=1S/C19H20FN3OS2/c1-12(2)7-8-21-17(24)10-25-19-18-15(22-11-23-19)9-16(26-18)13-3-5-14(20)6-4-13/h3-6,9,11-12H,7-8,10H2,1-2H3,(H,21,24). The molecule has 26 heavy (non-hydrogen) atoms. The van der Waals surface area contributed by atoms with Crippen molar-refractivity contribution in [3.8, 4) is 10.4 Å². The Balaban J connectivity index is 1.71. The Kier molecular flexibility index (Phi) is 6.21. The molecule has 0 bridgehead atoms. The SMILES string of the molecule is CC(C)CCNC(=O)CSc1ncnc2cc(-c3ccc(F)cc3)sc12. The molecule has 1 N–H and O–H groups in total. The topological polar surface area (TPSA) is 54.9 Å². The van der Waals surface area contributed by atoms with E-state index < -0.39 is 0 Å². The van der Waals surface area contributed by atoms with E-state index in [0.29, 0.717) is 18.2 Å². The zero-order valence-electron chi connectivity index (χ0n) is 14.7. The van der Waals surface area contributed by atoms with E-state index >= 15 is 0 Å². The minimum absolute atomic E-state index is 0.0118. The molecule has 1 amide bonds. The number of carbonyl (C=O) groups excluding carboxylic acids is 1. The Morgan fingerprint density at radius 1 is 1.27 bits per heavy atom. The molecule has 7 heteroatoms. The molecule has 2 aromatic heterocycles. The van der Waals surface area contributed by atoms with Gasteiger partial charge >= 0.3 is 0 Å². The van der Waals surface area contributed by atoms with Crippen LogP contribution < -0.4 is 5.32 Å². The minimum Gasteiger partial charge on any atom is -0.355 e. The second-order valence-electron chi connectivity index (χ2n) is 6.33. The number of carbonyl (C=O) groups is 1. The van der Waals surface area contributed by atoms with E-state index in [9.17, 15) is 9.18 Å². The number of hydrogen-bond acceptors (Lipinski definition) is 5. The molecule has 0 atom stereocenters. The van der Waals surface area contributed by atoms with Crippen LogP contribution in [0.4, 0.5) is 4.39 Å². The lowest BCUT2D eigenvalue weighted by molar-refractivity contribution is -0.118. The number of amides is 1. The predicted molar refractivity (Wildman–Crippen MR) is 106 cm³/mol. The van der Waals surface area contributed by atoms with Crippen molar-refractivity contribution in [1.29, 1.82) is 0 Å². The van der Waals surface area contributed by atoms with Gasteiger partial charge in [0.05, 0.1) is 16.0 Å². The Hall–Kier alpha value is -1.99. The summed E-state index contributed by atoms with van der Waals surface area (Å²) in [5, 5.41) is 3.73. The summed E-state index contributed by atoms with van der Waals surface area (Å²) in [5.74, 6) is 0.654. The molecule has 3 rings (SSSR count). The summed E-state index contributed by atoms with van der Waals surface area (Å²) < 4.78 is 14.1. The van der Waals surface area contributed by atoms with Gasteiger partial charge in [-0.3, -0.25) is 4.79 Å². The first kappa shape index (κ1) is 18.8. The van der Waals surface area contributed by atoms with Crippen LogP contribution >= 0.6 is 23.1 Å². The molecule has 136 valence electrons. The lowest BCUT2D eigenvalue weighted by atomic mass is 10.1. The van der Waals surface area contributed by atoms with E-state index in [0.717, 1.165) is 32.1 Å². The van der Waals surface area contributed by atoms with Gasteiger partial charge in [0.2, 0.25) is 5.91 Å². The van der Waals surface area contributed by atoms with Gasteiger partial charge in [-0.15, -0.1) is 11.3 Å². The molecule has 4 nitrogen and oxygen atoms in total. The Morgan fingerprint density at radius 2 is 2.04 bits per heavy atom. The number of aromatic nitrogens is 2. The first-order valence-corrected chi connectivity index (χ1v) is 10.2. The van der Waals surface area contributed by atoms with E-state index in [1.54, 1.807) is 23.5 Å². The lowest BCUT2D eigenvalue weighted by Crippen LogP contribution is -2.26. The molecule has 0 aliphatic carbocycles. The van der Waals surface area contributed by atoms with Crippen molar-refractivity contribution in [2.45, 2.75) is 25.3 Å². The average molecular weight is 390 g/mol. The van der Waals surface area contributed by atoms with Crippen molar-refractivity contribution in [2.75, 3.05) is 12.3 Å². The molecule has 0 spiro atoms. The molecule has 2 heterocycles. The summed E-state index contributed by atoms with van der Waals surface area (Å²) in [6.07, 6.45) is 2.49. The predicted octanol–water partition coefficient (Wildman–Crippen LogP) is 4.75. The van der Waals surface area contributed by atoms with Gasteiger partial charge in [0.1, 0.15) is 17.2 Å². The summed E-state index contributed by atoms with van der Waals surface area (Å²) in [6, 6.07) is 8.37. The highest BCUT2D eigenvalue weighted by Crippen LogP contribution is 2.36. The average Bonchev–Trinajstić information content (AvgIpc) is 3.05. The van der Waals surface area contributed by atoms with E-state index in [-0.39, 0.29) is 11.7 Å². The summed E-state index contributed by atoms with van der Waals surface area (Å²) in [6.45, 7) is 4.96. The molecular weight excluding hydrogens is 369 g/mol. The summed E-state index contributed by atoms with van der Waals surface area (Å²) in [4.78, 5) is 21.6. The molecule has 0 unspecified atom stereocenters. The number of thiophene rings is 1. The van der Waals surface area contributed by atoms with Gasteiger partial charge in [0.15, 0.2) is 0 Å². The maximum Gasteiger partial charge on any atom is 0.230 e. The van der Waals surface area contributed by atoms with E-state index in [4.69, 9.17) is 0 Å². The highest BCUT2D eigenvalue weighted by molar-refractivity contribution is 8.00. The first-order valence-electron chi connectivity index (χ1n) is 8.43. The van der Waals surface area contributed by atoms with E-state index in [2.05, 4.69) is 29.1 Å². The van der Waals surface area contributed by atoms with Crippen molar-refractivity contribution >= 4 is 39.2 Å². The second-order valence-corrected chi connectivity index (χ2v) is 8.35. The Morgan fingerprint density at radius 3 is 2.77 bits per heavy atom. The van der Waals surface area contributed by atoms with Gasteiger partial charge in [-0.1, -0.05) is 37.7 Å². The number of nitrogens with zero attached hydrogens (tertiary/aromatic N) is 2. The monoisotopic (exact) mass is 389 g/mol.